The Labute approximate surface area is 384 Å². The van der Waals surface area contributed by atoms with E-state index in [1.54, 1.807) is 26.6 Å². The SMILES string of the molecule is COCCOC1CN(CCCn2cc(-c3cnc4ccc(Nc5cc(C(C)C)cnn5)nc4c3)cn2)C1.COCCn1cc(-c2cnc3ccc(Nc4cc(C(C)C)cnn4)nc3c2)cn1. The fraction of sp³-hybridized carbons (Fsp3) is 0.375. The van der Waals surface area contributed by atoms with Gasteiger partial charge in [-0.2, -0.15) is 20.4 Å². The van der Waals surface area contributed by atoms with Crippen LogP contribution in [0.4, 0.5) is 23.3 Å². The summed E-state index contributed by atoms with van der Waals surface area (Å²) in [7, 11) is 3.38. The van der Waals surface area contributed by atoms with Crippen LogP contribution < -0.4 is 10.6 Å². The Balaban J connectivity index is 0.000000185. The summed E-state index contributed by atoms with van der Waals surface area (Å²) in [6.07, 6.45) is 16.4. The summed E-state index contributed by atoms with van der Waals surface area (Å²) >= 11 is 0. The highest BCUT2D eigenvalue weighted by molar-refractivity contribution is 5.83. The number of likely N-dealkylation sites (tertiary alicyclic amines) is 1. The second-order valence-corrected chi connectivity index (χ2v) is 16.8. The lowest BCUT2D eigenvalue weighted by molar-refractivity contribution is -0.0671. The summed E-state index contributed by atoms with van der Waals surface area (Å²) in [4.78, 5) is 21.0. The van der Waals surface area contributed by atoms with Crippen LogP contribution >= 0.6 is 0 Å². The minimum Gasteiger partial charge on any atom is -0.383 e. The van der Waals surface area contributed by atoms with Gasteiger partial charge in [-0.25, -0.2) is 9.97 Å². The van der Waals surface area contributed by atoms with Gasteiger partial charge in [0.15, 0.2) is 11.6 Å². The zero-order valence-corrected chi connectivity index (χ0v) is 38.4. The number of methoxy groups -OCH3 is 2. The van der Waals surface area contributed by atoms with E-state index in [0.717, 1.165) is 88.0 Å². The monoisotopic (exact) mass is 891 g/mol. The van der Waals surface area contributed by atoms with Gasteiger partial charge in [0.2, 0.25) is 0 Å². The molecule has 2 N–H and O–H groups in total. The molecule has 0 amide bonds. The van der Waals surface area contributed by atoms with Gasteiger partial charge in [0.05, 0.1) is 79.3 Å². The lowest BCUT2D eigenvalue weighted by Gasteiger charge is -2.38. The average molecular weight is 892 g/mol. The molecule has 8 aromatic rings. The van der Waals surface area contributed by atoms with Crippen LogP contribution in [0.25, 0.3) is 44.3 Å². The van der Waals surface area contributed by atoms with Gasteiger partial charge in [-0.1, -0.05) is 27.7 Å². The van der Waals surface area contributed by atoms with Crippen molar-refractivity contribution in [1.82, 2.24) is 64.8 Å². The van der Waals surface area contributed by atoms with E-state index < -0.39 is 0 Å². The third-order valence-corrected chi connectivity index (χ3v) is 11.2. The molecule has 0 atom stereocenters. The standard InChI is InChI=1S/C27H34N8O2.C21H23N7O/c1-19(2)20-12-27(33-29-14-20)32-26-6-5-24-25(31-26)11-21(13-28-24)22-15-30-35(16-22)8-4-7-34-17-23(18-34)37-10-9-36-3;1-14(2)15-9-21(27-23-11-15)26-20-5-4-18-19(25-20)8-16(10-22-18)17-12-24-28(13-17)6-7-29-3/h5-6,11-16,19,23H,4,7-10,17-18H2,1-3H3,(H,31,32,33);4-5,8-14H,6-7H2,1-3H3,(H,25,26,27). The highest BCUT2D eigenvalue weighted by Gasteiger charge is 2.26. The number of aromatic nitrogens is 12. The summed E-state index contributed by atoms with van der Waals surface area (Å²) in [5, 5.41) is 31.9. The normalized spacial score (nSPS) is 13.0. The summed E-state index contributed by atoms with van der Waals surface area (Å²) in [5.41, 5.74) is 9.49. The Hall–Kier alpha value is -6.86. The second-order valence-electron chi connectivity index (χ2n) is 16.8. The van der Waals surface area contributed by atoms with Gasteiger partial charge in [-0.15, -0.1) is 10.2 Å². The van der Waals surface area contributed by atoms with Crippen molar-refractivity contribution in [3.63, 3.8) is 0 Å². The van der Waals surface area contributed by atoms with E-state index in [2.05, 4.69) is 96.1 Å². The molecule has 1 fully saturated rings. The first kappa shape index (κ1) is 45.7. The minimum absolute atomic E-state index is 0.342. The molecule has 342 valence electrons. The molecule has 0 saturated carbocycles. The Kier molecular flexibility index (Phi) is 15.2. The molecule has 66 heavy (non-hydrogen) atoms. The summed E-state index contributed by atoms with van der Waals surface area (Å²) in [6, 6.07) is 15.8. The van der Waals surface area contributed by atoms with Crippen molar-refractivity contribution in [3.8, 4) is 22.3 Å². The topological polar surface area (TPSA) is 194 Å². The van der Waals surface area contributed by atoms with Crippen LogP contribution in [0, 0.1) is 0 Å². The van der Waals surface area contributed by atoms with Crippen molar-refractivity contribution >= 4 is 45.3 Å². The molecule has 8 aromatic heterocycles. The van der Waals surface area contributed by atoms with E-state index >= 15 is 0 Å². The molecule has 1 aliphatic rings. The molecular formula is C48H57N15O3. The van der Waals surface area contributed by atoms with Gasteiger partial charge in [-0.05, 0) is 77.9 Å². The van der Waals surface area contributed by atoms with Gasteiger partial charge < -0.3 is 24.8 Å². The van der Waals surface area contributed by atoms with E-state index in [1.807, 2.05) is 82.8 Å². The predicted molar refractivity (Wildman–Crippen MR) is 255 cm³/mol. The molecule has 18 heteroatoms. The van der Waals surface area contributed by atoms with Gasteiger partial charge in [0, 0.05) is 87.4 Å². The first-order valence-electron chi connectivity index (χ1n) is 22.3. The molecule has 1 saturated heterocycles. The van der Waals surface area contributed by atoms with Crippen LogP contribution in [-0.2, 0) is 27.3 Å². The quantitative estimate of drug-likeness (QED) is 0.0750. The largest absolute Gasteiger partial charge is 0.383 e. The molecule has 0 radical (unpaired) electrons. The summed E-state index contributed by atoms with van der Waals surface area (Å²) < 4.78 is 19.7. The zero-order valence-electron chi connectivity index (χ0n) is 38.4. The van der Waals surface area contributed by atoms with Gasteiger partial charge in [-0.3, -0.25) is 24.2 Å². The van der Waals surface area contributed by atoms with Crippen LogP contribution in [0.1, 0.15) is 57.1 Å². The Bertz CT molecular complexity index is 2820. The van der Waals surface area contributed by atoms with Gasteiger partial charge in [0.25, 0.3) is 0 Å². The number of anilines is 4. The number of fused-ring (bicyclic) bond motifs is 2. The maximum atomic E-state index is 5.74. The number of nitrogens with one attached hydrogen (secondary N) is 2. The van der Waals surface area contributed by atoms with Crippen molar-refractivity contribution in [2.45, 2.75) is 65.1 Å². The average Bonchev–Trinajstić information content (AvgIpc) is 4.00. The maximum Gasteiger partial charge on any atom is 0.154 e. The molecule has 0 aliphatic carbocycles. The lowest BCUT2D eigenvalue weighted by atomic mass is 10.1. The van der Waals surface area contributed by atoms with E-state index in [9.17, 15) is 0 Å². The van der Waals surface area contributed by atoms with E-state index in [-0.39, 0.29) is 0 Å². The van der Waals surface area contributed by atoms with Crippen molar-refractivity contribution in [2.24, 2.45) is 0 Å². The van der Waals surface area contributed by atoms with E-state index in [0.29, 0.717) is 67.6 Å². The molecule has 18 nitrogen and oxygen atoms in total. The highest BCUT2D eigenvalue weighted by Crippen LogP contribution is 2.26. The fourth-order valence-electron chi connectivity index (χ4n) is 7.27. The third-order valence-electron chi connectivity index (χ3n) is 11.2. The Morgan fingerprint density at radius 1 is 0.561 bits per heavy atom. The molecule has 0 bridgehead atoms. The van der Waals surface area contributed by atoms with Crippen LogP contribution in [0.5, 0.6) is 0 Å². The first-order valence-corrected chi connectivity index (χ1v) is 22.3. The number of pyridine rings is 4. The Morgan fingerprint density at radius 2 is 1.09 bits per heavy atom. The lowest BCUT2D eigenvalue weighted by Crippen LogP contribution is -2.52. The van der Waals surface area contributed by atoms with Crippen LogP contribution in [0.2, 0.25) is 0 Å². The number of hydrogen-bond acceptors (Lipinski definition) is 16. The zero-order chi connectivity index (χ0) is 45.8. The number of ether oxygens (including phenoxy) is 3. The second kappa shape index (κ2) is 21.9. The highest BCUT2D eigenvalue weighted by atomic mass is 16.5. The summed E-state index contributed by atoms with van der Waals surface area (Å²) in [6.45, 7) is 15.1. The Morgan fingerprint density at radius 3 is 1.61 bits per heavy atom. The molecule has 9 heterocycles. The number of hydrogen-bond donors (Lipinski definition) is 2. The predicted octanol–water partition coefficient (Wildman–Crippen LogP) is 7.68. The number of nitrogens with zero attached hydrogens (tertiary/aromatic N) is 13. The van der Waals surface area contributed by atoms with Crippen molar-refractivity contribution < 1.29 is 14.2 Å². The van der Waals surface area contributed by atoms with Crippen LogP contribution in [0.3, 0.4) is 0 Å². The molecule has 0 spiro atoms. The first-order chi connectivity index (χ1) is 32.2. The van der Waals surface area contributed by atoms with Crippen LogP contribution in [0.15, 0.2) is 98.1 Å². The van der Waals surface area contributed by atoms with Crippen molar-refractivity contribution in [3.05, 3.63) is 109 Å². The number of rotatable bonds is 19. The fourth-order valence-corrected chi connectivity index (χ4v) is 7.27. The number of aryl methyl sites for hydroxylation is 1. The molecule has 1 aliphatic heterocycles. The third kappa shape index (κ3) is 12.1. The minimum atomic E-state index is 0.342. The molecule has 9 rings (SSSR count). The smallest absolute Gasteiger partial charge is 0.154 e. The van der Waals surface area contributed by atoms with Crippen LogP contribution in [-0.4, -0.2) is 125 Å². The summed E-state index contributed by atoms with van der Waals surface area (Å²) in [5.74, 6) is 3.51. The van der Waals surface area contributed by atoms with E-state index in [1.165, 1.54) is 0 Å². The molecular weight excluding hydrogens is 835 g/mol. The van der Waals surface area contributed by atoms with E-state index in [4.69, 9.17) is 24.2 Å². The van der Waals surface area contributed by atoms with Gasteiger partial charge in [0.1, 0.15) is 11.6 Å². The van der Waals surface area contributed by atoms with Crippen molar-refractivity contribution in [1.29, 1.82) is 0 Å². The van der Waals surface area contributed by atoms with Crippen molar-refractivity contribution in [2.75, 3.05) is 64.3 Å². The molecule has 0 aromatic carbocycles. The maximum absolute atomic E-state index is 5.74. The molecule has 0 unspecified atom stereocenters. The van der Waals surface area contributed by atoms with Gasteiger partial charge >= 0.3 is 0 Å².